The minimum Gasteiger partial charge on any atom is -0.496 e. The van der Waals surface area contributed by atoms with Gasteiger partial charge in [-0.3, -0.25) is 0 Å². The first-order valence-corrected chi connectivity index (χ1v) is 7.59. The fourth-order valence-corrected chi connectivity index (χ4v) is 2.91. The first kappa shape index (κ1) is 15.1. The summed E-state index contributed by atoms with van der Waals surface area (Å²) in [5.41, 5.74) is 2.96. The molecule has 2 nitrogen and oxygen atoms in total. The summed E-state index contributed by atoms with van der Waals surface area (Å²) in [6.07, 6.45) is 0. The number of benzene rings is 2. The topological polar surface area (TPSA) is 18.5 Å². The van der Waals surface area contributed by atoms with Gasteiger partial charge in [-0.2, -0.15) is 0 Å². The van der Waals surface area contributed by atoms with E-state index in [0.29, 0.717) is 0 Å². The zero-order valence-electron chi connectivity index (χ0n) is 11.2. The van der Waals surface area contributed by atoms with Gasteiger partial charge in [0.15, 0.2) is 0 Å². The van der Waals surface area contributed by atoms with Crippen molar-refractivity contribution < 1.29 is 9.47 Å². The Kier molecular flexibility index (Phi) is 5.26. The summed E-state index contributed by atoms with van der Waals surface area (Å²) in [4.78, 5) is 0. The van der Waals surface area contributed by atoms with E-state index in [1.54, 1.807) is 14.2 Å². The molecule has 0 saturated heterocycles. The van der Waals surface area contributed by atoms with Crippen molar-refractivity contribution in [1.82, 2.24) is 0 Å². The molecule has 0 aliphatic rings. The second-order valence-corrected chi connectivity index (χ2v) is 6.69. The van der Waals surface area contributed by atoms with E-state index in [0.717, 1.165) is 31.6 Å². The Hall–Kier alpha value is -1.26. The first-order valence-electron chi connectivity index (χ1n) is 6.01. The molecule has 0 spiro atoms. The third-order valence-corrected chi connectivity index (χ3v) is 3.73. The molecule has 0 saturated carbocycles. The number of hydrogen-bond acceptors (Lipinski definition) is 2. The Balaban J connectivity index is 2.68. The van der Waals surface area contributed by atoms with E-state index in [2.05, 4.69) is 31.9 Å². The molecule has 0 unspecified atom stereocenters. The van der Waals surface area contributed by atoms with Crippen molar-refractivity contribution in [3.05, 3.63) is 63.0 Å². The zero-order valence-corrected chi connectivity index (χ0v) is 14.4. The van der Waals surface area contributed by atoms with Crippen LogP contribution in [0.15, 0.2) is 51.9 Å². The van der Waals surface area contributed by atoms with Crippen LogP contribution in [0, 0.1) is 0 Å². The van der Waals surface area contributed by atoms with E-state index >= 15 is 0 Å². The highest BCUT2D eigenvalue weighted by molar-refractivity contribution is 9.28. The largest absolute Gasteiger partial charge is 0.496 e. The minimum atomic E-state index is 0.810. The molecule has 2 rings (SSSR count). The quantitative estimate of drug-likeness (QED) is 0.704. The lowest BCUT2D eigenvalue weighted by Crippen LogP contribution is -1.96. The summed E-state index contributed by atoms with van der Waals surface area (Å²) in [6, 6.07) is 15.8. The maximum atomic E-state index is 5.45. The van der Waals surface area contributed by atoms with Crippen LogP contribution in [0.1, 0.15) is 11.1 Å². The average Bonchev–Trinajstić information content (AvgIpc) is 2.48. The van der Waals surface area contributed by atoms with Crippen molar-refractivity contribution in [2.24, 2.45) is 0 Å². The molecule has 0 heterocycles. The van der Waals surface area contributed by atoms with Crippen LogP contribution < -0.4 is 9.47 Å². The Labute approximate surface area is 135 Å². The highest BCUT2D eigenvalue weighted by atomic mass is 79.9. The van der Waals surface area contributed by atoms with Crippen molar-refractivity contribution >= 4 is 37.4 Å². The summed E-state index contributed by atoms with van der Waals surface area (Å²) in [5.74, 6) is 1.62. The number of hydrogen-bond donors (Lipinski definition) is 0. The van der Waals surface area contributed by atoms with E-state index in [-0.39, 0.29) is 0 Å². The molecule has 0 amide bonds. The van der Waals surface area contributed by atoms with E-state index in [1.165, 1.54) is 0 Å². The van der Waals surface area contributed by atoms with Gasteiger partial charge in [-0.15, -0.1) is 0 Å². The molecule has 104 valence electrons. The van der Waals surface area contributed by atoms with Crippen LogP contribution >= 0.6 is 31.9 Å². The van der Waals surface area contributed by atoms with E-state index in [4.69, 9.17) is 9.47 Å². The molecule has 0 aliphatic heterocycles. The maximum absolute atomic E-state index is 5.45. The summed E-state index contributed by atoms with van der Waals surface area (Å²) in [7, 11) is 3.33. The van der Waals surface area contributed by atoms with Gasteiger partial charge >= 0.3 is 0 Å². The molecular formula is C16H14Br2O2. The Morgan fingerprint density at radius 3 is 1.50 bits per heavy atom. The molecule has 0 bridgehead atoms. The van der Waals surface area contributed by atoms with Gasteiger partial charge in [0.1, 0.15) is 11.5 Å². The third-order valence-electron chi connectivity index (χ3n) is 2.94. The van der Waals surface area contributed by atoms with Gasteiger partial charge in [-0.05, 0) is 44.0 Å². The normalized spacial score (nSPS) is 10.0. The molecule has 0 aliphatic carbocycles. The summed E-state index contributed by atoms with van der Waals surface area (Å²) in [5, 5.41) is 0. The smallest absolute Gasteiger partial charge is 0.126 e. The van der Waals surface area contributed by atoms with Crippen LogP contribution in [-0.2, 0) is 0 Å². The Morgan fingerprint density at radius 2 is 1.15 bits per heavy atom. The second kappa shape index (κ2) is 6.95. The molecule has 2 aromatic carbocycles. The standard InChI is InChI=1S/C16H14Br2O2/c1-19-13-9-5-3-7-11(13)15(16(17)18)12-8-4-6-10-14(12)20-2/h3-10H,1-2H3. The third kappa shape index (κ3) is 3.07. The number of ether oxygens (including phenoxy) is 2. The van der Waals surface area contributed by atoms with Crippen LogP contribution in [-0.4, -0.2) is 14.2 Å². The minimum absolute atomic E-state index is 0.810. The highest BCUT2D eigenvalue weighted by Crippen LogP contribution is 2.40. The molecule has 0 N–H and O–H groups in total. The van der Waals surface area contributed by atoms with Gasteiger partial charge in [0, 0.05) is 16.7 Å². The van der Waals surface area contributed by atoms with Gasteiger partial charge < -0.3 is 9.47 Å². The lowest BCUT2D eigenvalue weighted by Gasteiger charge is -2.15. The van der Waals surface area contributed by atoms with Crippen molar-refractivity contribution in [3.63, 3.8) is 0 Å². The van der Waals surface area contributed by atoms with Crippen molar-refractivity contribution in [2.75, 3.05) is 14.2 Å². The Bertz CT molecular complexity index is 582. The molecule has 20 heavy (non-hydrogen) atoms. The fourth-order valence-electron chi connectivity index (χ4n) is 2.05. The lowest BCUT2D eigenvalue weighted by atomic mass is 9.98. The van der Waals surface area contributed by atoms with Crippen LogP contribution in [0.5, 0.6) is 11.5 Å². The Morgan fingerprint density at radius 1 is 0.750 bits per heavy atom. The van der Waals surface area contributed by atoms with Gasteiger partial charge in [0.2, 0.25) is 0 Å². The van der Waals surface area contributed by atoms with Crippen molar-refractivity contribution in [2.45, 2.75) is 0 Å². The SMILES string of the molecule is COc1ccccc1C(=C(Br)Br)c1ccccc1OC. The van der Waals surface area contributed by atoms with E-state index in [9.17, 15) is 0 Å². The fraction of sp³-hybridized carbons (Fsp3) is 0.125. The van der Waals surface area contributed by atoms with Gasteiger partial charge in [-0.1, -0.05) is 36.4 Å². The van der Waals surface area contributed by atoms with E-state index in [1.807, 2.05) is 48.5 Å². The van der Waals surface area contributed by atoms with Gasteiger partial charge in [0.25, 0.3) is 0 Å². The lowest BCUT2D eigenvalue weighted by molar-refractivity contribution is 0.411. The summed E-state index contributed by atoms with van der Waals surface area (Å²) < 4.78 is 11.8. The summed E-state index contributed by atoms with van der Waals surface area (Å²) >= 11 is 7.05. The number of methoxy groups -OCH3 is 2. The van der Waals surface area contributed by atoms with E-state index < -0.39 is 0 Å². The monoisotopic (exact) mass is 396 g/mol. The number of para-hydroxylation sites is 2. The predicted octanol–water partition coefficient (Wildman–Crippen LogP) is 5.21. The zero-order chi connectivity index (χ0) is 14.5. The average molecular weight is 398 g/mol. The molecule has 0 radical (unpaired) electrons. The van der Waals surface area contributed by atoms with Crippen LogP contribution in [0.4, 0.5) is 0 Å². The molecule has 4 heteroatoms. The number of halogens is 2. The molecule has 0 aromatic heterocycles. The van der Waals surface area contributed by atoms with Crippen molar-refractivity contribution in [3.8, 4) is 11.5 Å². The summed E-state index contributed by atoms with van der Waals surface area (Å²) in [6.45, 7) is 0. The van der Waals surface area contributed by atoms with Crippen LogP contribution in [0.25, 0.3) is 5.57 Å². The highest BCUT2D eigenvalue weighted by Gasteiger charge is 2.16. The molecule has 0 atom stereocenters. The van der Waals surface area contributed by atoms with Crippen LogP contribution in [0.3, 0.4) is 0 Å². The van der Waals surface area contributed by atoms with Gasteiger partial charge in [-0.25, -0.2) is 0 Å². The second-order valence-electron chi connectivity index (χ2n) is 4.04. The number of rotatable bonds is 4. The van der Waals surface area contributed by atoms with Gasteiger partial charge in [0.05, 0.1) is 17.6 Å². The molecular weight excluding hydrogens is 384 g/mol. The van der Waals surface area contributed by atoms with Crippen LogP contribution in [0.2, 0.25) is 0 Å². The van der Waals surface area contributed by atoms with Crippen molar-refractivity contribution in [1.29, 1.82) is 0 Å². The first-order chi connectivity index (χ1) is 9.69. The predicted molar refractivity (Wildman–Crippen MR) is 89.9 cm³/mol. The molecule has 0 fully saturated rings. The maximum Gasteiger partial charge on any atom is 0.126 e. The molecule has 2 aromatic rings.